The Morgan fingerprint density at radius 2 is 1.79 bits per heavy atom. The summed E-state index contributed by atoms with van der Waals surface area (Å²) in [4.78, 5) is 6.76. The Morgan fingerprint density at radius 3 is 2.37 bits per heavy atom. The smallest absolute Gasteiger partial charge is 0.237 e. The molecular formula is C9H4BrF5N4. The van der Waals surface area contributed by atoms with Crippen molar-refractivity contribution in [1.29, 1.82) is 0 Å². The van der Waals surface area contributed by atoms with Crippen LogP contribution in [0.25, 0.3) is 5.82 Å². The molecule has 2 heterocycles. The van der Waals surface area contributed by atoms with Crippen molar-refractivity contribution in [3.05, 3.63) is 35.0 Å². The van der Waals surface area contributed by atoms with Gasteiger partial charge in [0.25, 0.3) is 0 Å². The van der Waals surface area contributed by atoms with E-state index in [1.54, 1.807) is 6.07 Å². The summed E-state index contributed by atoms with van der Waals surface area (Å²) in [5, 5.41) is 3.11. The first-order valence-corrected chi connectivity index (χ1v) is 5.50. The maximum absolute atomic E-state index is 13.0. The standard InChI is InChI=1S/C9H4BrF5N4/c10-5-1-2-16-6(3-5)19-4-17-7(18-19)8(11,12)9(13,14)15/h1-4H. The molecule has 2 aromatic rings. The molecule has 0 saturated carbocycles. The summed E-state index contributed by atoms with van der Waals surface area (Å²) in [6, 6.07) is 2.95. The molecule has 0 aliphatic rings. The van der Waals surface area contributed by atoms with E-state index in [4.69, 9.17) is 0 Å². The number of alkyl halides is 5. The van der Waals surface area contributed by atoms with Crippen LogP contribution < -0.4 is 0 Å². The van der Waals surface area contributed by atoms with Gasteiger partial charge in [-0.25, -0.2) is 14.6 Å². The highest BCUT2D eigenvalue weighted by atomic mass is 79.9. The van der Waals surface area contributed by atoms with Crippen molar-refractivity contribution in [2.75, 3.05) is 0 Å². The third-order valence-corrected chi connectivity index (χ3v) is 2.56. The number of aromatic nitrogens is 4. The molecule has 0 radical (unpaired) electrons. The highest BCUT2D eigenvalue weighted by Gasteiger charge is 2.61. The predicted molar refractivity (Wildman–Crippen MR) is 56.8 cm³/mol. The Balaban J connectivity index is 2.40. The maximum Gasteiger partial charge on any atom is 0.461 e. The fourth-order valence-corrected chi connectivity index (χ4v) is 1.49. The van der Waals surface area contributed by atoms with Crippen molar-refractivity contribution >= 4 is 15.9 Å². The number of rotatable bonds is 2. The molecule has 0 aliphatic carbocycles. The van der Waals surface area contributed by atoms with E-state index in [1.165, 1.54) is 12.3 Å². The molecule has 2 aromatic heterocycles. The summed E-state index contributed by atoms with van der Waals surface area (Å²) in [7, 11) is 0. The van der Waals surface area contributed by atoms with Crippen molar-refractivity contribution in [3.63, 3.8) is 0 Å². The average Bonchev–Trinajstić information content (AvgIpc) is 2.77. The van der Waals surface area contributed by atoms with Gasteiger partial charge in [-0.15, -0.1) is 5.10 Å². The molecule has 10 heteroatoms. The van der Waals surface area contributed by atoms with Crippen molar-refractivity contribution < 1.29 is 22.0 Å². The van der Waals surface area contributed by atoms with E-state index < -0.39 is 17.9 Å². The van der Waals surface area contributed by atoms with Crippen LogP contribution in [0.4, 0.5) is 22.0 Å². The molecule has 0 atom stereocenters. The van der Waals surface area contributed by atoms with E-state index in [2.05, 4.69) is 31.0 Å². The second kappa shape index (κ2) is 4.51. The summed E-state index contributed by atoms with van der Waals surface area (Å²) in [5.41, 5.74) is 0. The summed E-state index contributed by atoms with van der Waals surface area (Å²) < 4.78 is 63.7. The lowest BCUT2D eigenvalue weighted by Crippen LogP contribution is -2.34. The van der Waals surface area contributed by atoms with Gasteiger partial charge in [-0.3, -0.25) is 0 Å². The molecule has 0 spiro atoms. The van der Waals surface area contributed by atoms with Crippen molar-refractivity contribution in [2.45, 2.75) is 12.1 Å². The van der Waals surface area contributed by atoms with Crippen LogP contribution in [0.5, 0.6) is 0 Å². The molecule has 0 saturated heterocycles. The Labute approximate surface area is 111 Å². The summed E-state index contributed by atoms with van der Waals surface area (Å²) in [5.74, 6) is -6.67. The molecule has 2 rings (SSSR count). The molecule has 4 nitrogen and oxygen atoms in total. The van der Waals surface area contributed by atoms with Gasteiger partial charge < -0.3 is 0 Å². The van der Waals surface area contributed by atoms with E-state index in [9.17, 15) is 22.0 Å². The molecule has 0 fully saturated rings. The normalized spacial score (nSPS) is 12.7. The van der Waals surface area contributed by atoms with E-state index in [0.717, 1.165) is 11.0 Å². The van der Waals surface area contributed by atoms with Gasteiger partial charge >= 0.3 is 12.1 Å². The van der Waals surface area contributed by atoms with Gasteiger partial charge in [0.1, 0.15) is 6.33 Å². The Bertz CT molecular complexity index is 594. The third kappa shape index (κ3) is 2.57. The van der Waals surface area contributed by atoms with E-state index in [0.29, 0.717) is 4.47 Å². The fraction of sp³-hybridized carbons (Fsp3) is 0.222. The zero-order valence-electron chi connectivity index (χ0n) is 8.87. The second-order valence-electron chi connectivity index (χ2n) is 3.42. The van der Waals surface area contributed by atoms with Crippen molar-refractivity contribution in [2.24, 2.45) is 0 Å². The van der Waals surface area contributed by atoms with Crippen LogP contribution in [-0.2, 0) is 5.92 Å². The number of hydrogen-bond acceptors (Lipinski definition) is 3. The lowest BCUT2D eigenvalue weighted by molar-refractivity contribution is -0.292. The SMILES string of the molecule is FC(F)(F)C(F)(F)c1ncn(-c2cc(Br)ccn2)n1. The predicted octanol–water partition coefficient (Wildman–Crippen LogP) is 3.08. The average molecular weight is 343 g/mol. The molecule has 19 heavy (non-hydrogen) atoms. The van der Waals surface area contributed by atoms with Crippen LogP contribution in [0, 0.1) is 0 Å². The molecule has 0 N–H and O–H groups in total. The van der Waals surface area contributed by atoms with Crippen LogP contribution in [-0.4, -0.2) is 25.9 Å². The number of halogens is 6. The first-order chi connectivity index (χ1) is 8.72. The maximum atomic E-state index is 13.0. The van der Waals surface area contributed by atoms with E-state index >= 15 is 0 Å². The highest BCUT2D eigenvalue weighted by molar-refractivity contribution is 9.10. The van der Waals surface area contributed by atoms with Gasteiger partial charge in [-0.05, 0) is 12.1 Å². The lowest BCUT2D eigenvalue weighted by atomic mass is 10.3. The van der Waals surface area contributed by atoms with Gasteiger partial charge in [0.15, 0.2) is 5.82 Å². The summed E-state index contributed by atoms with van der Waals surface area (Å²) >= 11 is 3.11. The van der Waals surface area contributed by atoms with Crippen LogP contribution >= 0.6 is 15.9 Å². The third-order valence-electron chi connectivity index (χ3n) is 2.07. The zero-order chi connectivity index (χ0) is 14.3. The second-order valence-corrected chi connectivity index (χ2v) is 4.33. The minimum Gasteiger partial charge on any atom is -0.237 e. The van der Waals surface area contributed by atoms with Crippen molar-refractivity contribution in [1.82, 2.24) is 19.7 Å². The van der Waals surface area contributed by atoms with Gasteiger partial charge in [-0.1, -0.05) is 15.9 Å². The number of nitrogens with zero attached hydrogens (tertiary/aromatic N) is 4. The molecular weight excluding hydrogens is 339 g/mol. The van der Waals surface area contributed by atoms with Gasteiger partial charge in [0, 0.05) is 10.7 Å². The van der Waals surface area contributed by atoms with Gasteiger partial charge in [0.05, 0.1) is 0 Å². The lowest BCUT2D eigenvalue weighted by Gasteiger charge is -2.15. The molecule has 102 valence electrons. The Morgan fingerprint density at radius 1 is 1.11 bits per heavy atom. The monoisotopic (exact) mass is 342 g/mol. The minimum absolute atomic E-state index is 0.0612. The van der Waals surface area contributed by atoms with Crippen LogP contribution in [0.2, 0.25) is 0 Å². The van der Waals surface area contributed by atoms with Gasteiger partial charge in [-0.2, -0.15) is 22.0 Å². The summed E-state index contributed by atoms with van der Waals surface area (Å²) in [6.07, 6.45) is -3.67. The van der Waals surface area contributed by atoms with Crippen LogP contribution in [0.1, 0.15) is 5.82 Å². The quantitative estimate of drug-likeness (QED) is 0.788. The number of pyridine rings is 1. The first kappa shape index (κ1) is 13.8. The molecule has 0 aromatic carbocycles. The minimum atomic E-state index is -5.75. The first-order valence-electron chi connectivity index (χ1n) is 4.70. The van der Waals surface area contributed by atoms with E-state index in [-0.39, 0.29) is 5.82 Å². The molecule has 0 bridgehead atoms. The summed E-state index contributed by atoms with van der Waals surface area (Å²) in [6.45, 7) is 0. The highest BCUT2D eigenvalue weighted by Crippen LogP contribution is 2.42. The zero-order valence-corrected chi connectivity index (χ0v) is 10.5. The van der Waals surface area contributed by atoms with Crippen LogP contribution in [0.3, 0.4) is 0 Å². The van der Waals surface area contributed by atoms with Gasteiger partial charge in [0.2, 0.25) is 5.82 Å². The van der Waals surface area contributed by atoms with Crippen molar-refractivity contribution in [3.8, 4) is 5.82 Å². The Kier molecular flexibility index (Phi) is 3.29. The molecule has 0 amide bonds. The molecule has 0 aliphatic heterocycles. The molecule has 0 unspecified atom stereocenters. The number of hydrogen-bond donors (Lipinski definition) is 0. The largest absolute Gasteiger partial charge is 0.461 e. The topological polar surface area (TPSA) is 43.6 Å². The van der Waals surface area contributed by atoms with E-state index in [1.807, 2.05) is 0 Å². The Hall–Kier alpha value is -1.58. The fourth-order valence-electron chi connectivity index (χ4n) is 1.16. The van der Waals surface area contributed by atoms with Crippen LogP contribution in [0.15, 0.2) is 29.1 Å².